The zero-order valence-electron chi connectivity index (χ0n) is 24.5. The molecule has 0 aliphatic carbocycles. The summed E-state index contributed by atoms with van der Waals surface area (Å²) in [4.78, 5) is 28.8. The highest BCUT2D eigenvalue weighted by atomic mass is 16.5. The molecular weight excluding hydrogens is 502 g/mol. The number of likely N-dealkylation sites (tertiary alicyclic amines) is 1. The summed E-state index contributed by atoms with van der Waals surface area (Å²) < 4.78 is 11.4. The van der Waals surface area contributed by atoms with Gasteiger partial charge in [-0.25, -0.2) is 0 Å². The van der Waals surface area contributed by atoms with E-state index in [9.17, 15) is 14.7 Å². The van der Waals surface area contributed by atoms with Crippen molar-refractivity contribution in [2.75, 3.05) is 13.2 Å². The number of rotatable bonds is 8. The van der Waals surface area contributed by atoms with Gasteiger partial charge in [0.25, 0.3) is 11.7 Å². The first-order valence-corrected chi connectivity index (χ1v) is 13.8. The summed E-state index contributed by atoms with van der Waals surface area (Å²) in [6.45, 7) is 15.2. The second kappa shape index (κ2) is 11.6. The lowest BCUT2D eigenvalue weighted by molar-refractivity contribution is -0.140. The number of carbonyl (C=O) groups excluding carboxylic acids is 2. The van der Waals surface area contributed by atoms with Crippen molar-refractivity contribution in [2.24, 2.45) is 0 Å². The third kappa shape index (κ3) is 5.76. The molecule has 0 aromatic heterocycles. The lowest BCUT2D eigenvalue weighted by Crippen LogP contribution is -2.29. The van der Waals surface area contributed by atoms with Crippen molar-refractivity contribution in [1.82, 2.24) is 4.90 Å². The minimum Gasteiger partial charge on any atom is -0.507 e. The second-order valence-electron chi connectivity index (χ2n) is 11.3. The molecule has 0 spiro atoms. The highest BCUT2D eigenvalue weighted by Crippen LogP contribution is 2.43. The first-order valence-electron chi connectivity index (χ1n) is 13.8. The molecule has 6 nitrogen and oxygen atoms in total. The van der Waals surface area contributed by atoms with Crippen LogP contribution in [0.4, 0.5) is 0 Å². The van der Waals surface area contributed by atoms with Gasteiger partial charge in [-0.3, -0.25) is 9.59 Å². The largest absolute Gasteiger partial charge is 0.507 e. The Morgan fingerprint density at radius 2 is 1.57 bits per heavy atom. The van der Waals surface area contributed by atoms with Crippen LogP contribution in [0, 0.1) is 13.8 Å². The Bertz CT molecular complexity index is 1450. The summed E-state index contributed by atoms with van der Waals surface area (Å²) in [5.74, 6) is -0.654. The first kappa shape index (κ1) is 28.9. The van der Waals surface area contributed by atoms with Gasteiger partial charge in [-0.15, -0.1) is 0 Å². The fraction of sp³-hybridized carbons (Fsp3) is 0.353. The van der Waals surface area contributed by atoms with Gasteiger partial charge in [-0.05, 0) is 67.5 Å². The van der Waals surface area contributed by atoms with Gasteiger partial charge in [0.05, 0.1) is 30.4 Å². The molecule has 6 heteroatoms. The van der Waals surface area contributed by atoms with E-state index in [-0.39, 0.29) is 23.3 Å². The Kier molecular flexibility index (Phi) is 8.38. The van der Waals surface area contributed by atoms with Gasteiger partial charge in [0.1, 0.15) is 17.3 Å². The molecule has 1 heterocycles. The Morgan fingerprint density at radius 1 is 0.900 bits per heavy atom. The van der Waals surface area contributed by atoms with E-state index < -0.39 is 17.7 Å². The summed E-state index contributed by atoms with van der Waals surface area (Å²) in [5, 5.41) is 11.7. The molecule has 210 valence electrons. The molecule has 3 aromatic carbocycles. The number of ketones is 1. The number of Topliss-reactive ketones (excluding diaryl/α,β-unsaturated/α-hetero) is 1. The van der Waals surface area contributed by atoms with Crippen LogP contribution in [-0.2, 0) is 21.5 Å². The van der Waals surface area contributed by atoms with Crippen LogP contribution >= 0.6 is 0 Å². The lowest BCUT2D eigenvalue weighted by Gasteiger charge is -2.27. The molecule has 1 atom stereocenters. The first-order chi connectivity index (χ1) is 19.0. The van der Waals surface area contributed by atoms with Gasteiger partial charge in [0.2, 0.25) is 0 Å². The van der Waals surface area contributed by atoms with E-state index >= 15 is 0 Å². The SMILES string of the molecule is CCOc1ccc(/C(O)=C2/C(=O)C(=O)N(Cc3cc(C)ccc3C)C2c2ccc(C(C)(C)C)cc2)c(OCC)c1. The van der Waals surface area contributed by atoms with Gasteiger partial charge in [-0.1, -0.05) is 68.8 Å². The Hall–Kier alpha value is -4.06. The van der Waals surface area contributed by atoms with Crippen molar-refractivity contribution in [3.63, 3.8) is 0 Å². The monoisotopic (exact) mass is 541 g/mol. The van der Waals surface area contributed by atoms with Gasteiger partial charge in [-0.2, -0.15) is 0 Å². The average Bonchev–Trinajstić information content (AvgIpc) is 3.15. The van der Waals surface area contributed by atoms with Crippen molar-refractivity contribution >= 4 is 17.4 Å². The van der Waals surface area contributed by atoms with E-state index in [1.54, 1.807) is 23.1 Å². The Labute approximate surface area is 237 Å². The number of ether oxygens (including phenoxy) is 2. The normalized spacial score (nSPS) is 16.9. The summed E-state index contributed by atoms with van der Waals surface area (Å²) in [7, 11) is 0. The van der Waals surface area contributed by atoms with Crippen LogP contribution in [0.25, 0.3) is 5.76 Å². The van der Waals surface area contributed by atoms with Crippen LogP contribution in [0.5, 0.6) is 11.5 Å². The Morgan fingerprint density at radius 3 is 2.20 bits per heavy atom. The molecule has 1 saturated heterocycles. The molecule has 1 fully saturated rings. The van der Waals surface area contributed by atoms with Crippen molar-refractivity contribution < 1.29 is 24.2 Å². The van der Waals surface area contributed by atoms with Crippen molar-refractivity contribution in [1.29, 1.82) is 0 Å². The minimum atomic E-state index is -0.769. The zero-order valence-corrected chi connectivity index (χ0v) is 24.5. The van der Waals surface area contributed by atoms with E-state index in [1.807, 2.05) is 70.2 Å². The van der Waals surface area contributed by atoms with E-state index in [1.165, 1.54) is 0 Å². The molecule has 1 unspecified atom stereocenters. The third-order valence-corrected chi connectivity index (χ3v) is 7.30. The highest BCUT2D eigenvalue weighted by Gasteiger charge is 2.46. The maximum absolute atomic E-state index is 13.6. The number of amides is 1. The standard InChI is InChI=1S/C34H39NO5/c1-8-39-26-16-17-27(28(19-26)40-9-2)31(36)29-30(23-12-14-25(15-13-23)34(5,6)7)35(33(38)32(29)37)20-24-18-21(3)10-11-22(24)4/h10-19,30,36H,8-9,20H2,1-7H3/b31-29-. The van der Waals surface area contributed by atoms with Gasteiger partial charge >= 0.3 is 0 Å². The molecule has 1 aliphatic rings. The number of aliphatic hydroxyl groups excluding tert-OH is 1. The number of benzene rings is 3. The van der Waals surface area contributed by atoms with E-state index in [0.717, 1.165) is 27.8 Å². The molecular formula is C34H39NO5. The second-order valence-corrected chi connectivity index (χ2v) is 11.3. The van der Waals surface area contributed by atoms with E-state index in [2.05, 4.69) is 20.8 Å². The van der Waals surface area contributed by atoms with Crippen LogP contribution in [0.1, 0.15) is 74.0 Å². The van der Waals surface area contributed by atoms with Crippen LogP contribution in [0.3, 0.4) is 0 Å². The summed E-state index contributed by atoms with van der Waals surface area (Å²) in [6.07, 6.45) is 0. The van der Waals surface area contributed by atoms with Crippen LogP contribution in [-0.4, -0.2) is 34.9 Å². The number of nitrogens with zero attached hydrogens (tertiary/aromatic N) is 1. The molecule has 4 rings (SSSR count). The zero-order chi connectivity index (χ0) is 29.2. The fourth-order valence-corrected chi connectivity index (χ4v) is 5.08. The van der Waals surface area contributed by atoms with E-state index in [0.29, 0.717) is 30.3 Å². The predicted octanol–water partition coefficient (Wildman–Crippen LogP) is 7.02. The molecule has 1 aliphatic heterocycles. The highest BCUT2D eigenvalue weighted by molar-refractivity contribution is 6.46. The smallest absolute Gasteiger partial charge is 0.295 e. The van der Waals surface area contributed by atoms with Crippen LogP contribution in [0.15, 0.2) is 66.2 Å². The lowest BCUT2D eigenvalue weighted by atomic mass is 9.85. The Balaban J connectivity index is 1.90. The van der Waals surface area contributed by atoms with Gasteiger partial charge in [0.15, 0.2) is 0 Å². The molecule has 0 saturated carbocycles. The maximum Gasteiger partial charge on any atom is 0.295 e. The molecule has 3 aromatic rings. The van der Waals surface area contributed by atoms with Gasteiger partial charge in [0, 0.05) is 12.6 Å². The summed E-state index contributed by atoms with van der Waals surface area (Å²) in [5.41, 5.74) is 5.26. The number of aliphatic hydroxyl groups is 1. The van der Waals surface area contributed by atoms with Crippen molar-refractivity contribution in [3.8, 4) is 11.5 Å². The summed E-state index contributed by atoms with van der Waals surface area (Å²) in [6, 6.07) is 18.3. The molecule has 40 heavy (non-hydrogen) atoms. The molecule has 0 bridgehead atoms. The minimum absolute atomic E-state index is 0.0453. The topological polar surface area (TPSA) is 76.1 Å². The number of hydrogen-bond acceptors (Lipinski definition) is 5. The maximum atomic E-state index is 13.6. The molecule has 1 N–H and O–H groups in total. The van der Waals surface area contributed by atoms with Crippen molar-refractivity contribution in [3.05, 3.63) is 99.6 Å². The number of aryl methyl sites for hydroxylation is 2. The van der Waals surface area contributed by atoms with E-state index in [4.69, 9.17) is 9.47 Å². The quantitative estimate of drug-likeness (QED) is 0.188. The fourth-order valence-electron chi connectivity index (χ4n) is 5.08. The number of hydrogen-bond donors (Lipinski definition) is 1. The van der Waals surface area contributed by atoms with Crippen LogP contribution < -0.4 is 9.47 Å². The predicted molar refractivity (Wildman–Crippen MR) is 158 cm³/mol. The number of carbonyl (C=O) groups is 2. The van der Waals surface area contributed by atoms with Crippen molar-refractivity contribution in [2.45, 2.75) is 66.5 Å². The average molecular weight is 542 g/mol. The van der Waals surface area contributed by atoms with Gasteiger partial charge < -0.3 is 19.5 Å². The molecule has 1 amide bonds. The third-order valence-electron chi connectivity index (χ3n) is 7.30. The molecule has 0 radical (unpaired) electrons. The van der Waals surface area contributed by atoms with Crippen LogP contribution in [0.2, 0.25) is 0 Å². The summed E-state index contributed by atoms with van der Waals surface area (Å²) >= 11 is 0.